The molecule has 0 radical (unpaired) electrons. The highest BCUT2D eigenvalue weighted by molar-refractivity contribution is 5.74. The molecule has 6 nitrogen and oxygen atoms in total. The van der Waals surface area contributed by atoms with Crippen LogP contribution in [0.4, 0.5) is 4.79 Å². The minimum atomic E-state index is -0.0946. The van der Waals surface area contributed by atoms with Gasteiger partial charge >= 0.3 is 6.03 Å². The van der Waals surface area contributed by atoms with E-state index in [-0.39, 0.29) is 12.1 Å². The van der Waals surface area contributed by atoms with E-state index >= 15 is 0 Å². The molecule has 132 valence electrons. The zero-order valence-electron chi connectivity index (χ0n) is 14.6. The lowest BCUT2D eigenvalue weighted by Gasteiger charge is -2.20. The quantitative estimate of drug-likeness (QED) is 0.895. The summed E-state index contributed by atoms with van der Waals surface area (Å²) in [5.41, 5.74) is 1.36. The van der Waals surface area contributed by atoms with Crippen molar-refractivity contribution in [1.29, 1.82) is 0 Å². The number of rotatable bonds is 4. The third-order valence-corrected chi connectivity index (χ3v) is 5.40. The minimum absolute atomic E-state index is 0.0196. The molecule has 1 fully saturated rings. The Balaban J connectivity index is 1.33. The second kappa shape index (κ2) is 6.88. The number of hydrogen-bond donors (Lipinski definition) is 2. The van der Waals surface area contributed by atoms with Gasteiger partial charge in [-0.1, -0.05) is 30.3 Å². The maximum atomic E-state index is 12.3. The molecule has 4 rings (SSSR count). The van der Waals surface area contributed by atoms with Gasteiger partial charge in [-0.2, -0.15) is 0 Å². The molecule has 3 heterocycles. The molecule has 0 bridgehead atoms. The SMILES string of the molecule is CN1C[C@@H](CNC(=O)NC2CCn3ccnc32)[C@H](c2ccccc2)C1. The second-order valence-corrected chi connectivity index (χ2v) is 7.17. The van der Waals surface area contributed by atoms with E-state index in [1.54, 1.807) is 6.20 Å². The Morgan fingerprint density at radius 1 is 1.28 bits per heavy atom. The maximum absolute atomic E-state index is 12.3. The summed E-state index contributed by atoms with van der Waals surface area (Å²) in [5.74, 6) is 1.86. The number of likely N-dealkylation sites (N-methyl/N-ethyl adjacent to an activating group) is 1. The predicted octanol–water partition coefficient (Wildman–Crippen LogP) is 1.97. The number of aromatic nitrogens is 2. The Morgan fingerprint density at radius 2 is 2.12 bits per heavy atom. The second-order valence-electron chi connectivity index (χ2n) is 7.17. The molecule has 1 saturated heterocycles. The van der Waals surface area contributed by atoms with Crippen LogP contribution in [0, 0.1) is 5.92 Å². The number of imidazole rings is 1. The van der Waals surface area contributed by atoms with Gasteiger partial charge in [0.25, 0.3) is 0 Å². The van der Waals surface area contributed by atoms with Gasteiger partial charge in [0.15, 0.2) is 0 Å². The monoisotopic (exact) mass is 339 g/mol. The van der Waals surface area contributed by atoms with Crippen molar-refractivity contribution in [3.05, 3.63) is 54.1 Å². The molecule has 25 heavy (non-hydrogen) atoms. The van der Waals surface area contributed by atoms with Crippen LogP contribution in [0.5, 0.6) is 0 Å². The van der Waals surface area contributed by atoms with Crippen molar-refractivity contribution in [2.24, 2.45) is 5.92 Å². The van der Waals surface area contributed by atoms with Crippen LogP contribution in [-0.2, 0) is 6.54 Å². The number of likely N-dealkylation sites (tertiary alicyclic amines) is 1. The van der Waals surface area contributed by atoms with Crippen molar-refractivity contribution >= 4 is 6.03 Å². The zero-order valence-corrected chi connectivity index (χ0v) is 14.6. The molecule has 0 saturated carbocycles. The van der Waals surface area contributed by atoms with Crippen molar-refractivity contribution in [2.45, 2.75) is 24.9 Å². The molecule has 3 atom stereocenters. The summed E-state index contributed by atoms with van der Waals surface area (Å²) < 4.78 is 2.10. The van der Waals surface area contributed by atoms with Crippen LogP contribution < -0.4 is 10.6 Å². The summed E-state index contributed by atoms with van der Waals surface area (Å²) in [6, 6.07) is 10.5. The Morgan fingerprint density at radius 3 is 2.96 bits per heavy atom. The van der Waals surface area contributed by atoms with Gasteiger partial charge in [-0.05, 0) is 24.9 Å². The minimum Gasteiger partial charge on any atom is -0.338 e. The van der Waals surface area contributed by atoms with E-state index in [0.29, 0.717) is 18.4 Å². The fraction of sp³-hybridized carbons (Fsp3) is 0.474. The number of urea groups is 1. The van der Waals surface area contributed by atoms with Crippen molar-refractivity contribution in [3.63, 3.8) is 0 Å². The van der Waals surface area contributed by atoms with Crippen LogP contribution >= 0.6 is 0 Å². The van der Waals surface area contributed by atoms with Gasteiger partial charge in [0, 0.05) is 44.5 Å². The highest BCUT2D eigenvalue weighted by Gasteiger charge is 2.32. The van der Waals surface area contributed by atoms with E-state index in [4.69, 9.17) is 0 Å². The van der Waals surface area contributed by atoms with Crippen molar-refractivity contribution in [1.82, 2.24) is 25.1 Å². The Hall–Kier alpha value is -2.34. The standard InChI is InChI=1S/C19H25N5O/c1-23-12-15(16(13-23)14-5-3-2-4-6-14)11-21-19(25)22-17-7-9-24-10-8-20-18(17)24/h2-6,8,10,15-17H,7,9,11-13H2,1H3,(H2,21,22,25)/t15-,16+,17?/m1/s1. The van der Waals surface area contributed by atoms with Crippen LogP contribution in [-0.4, -0.2) is 47.2 Å². The molecular formula is C19H25N5O. The molecule has 2 aromatic rings. The van der Waals surface area contributed by atoms with Gasteiger partial charge in [0.05, 0.1) is 6.04 Å². The molecule has 0 spiro atoms. The molecule has 0 aliphatic carbocycles. The lowest BCUT2D eigenvalue weighted by molar-refractivity contribution is 0.234. The maximum Gasteiger partial charge on any atom is 0.315 e. The summed E-state index contributed by atoms with van der Waals surface area (Å²) in [4.78, 5) is 19.0. The molecular weight excluding hydrogens is 314 g/mol. The van der Waals surface area contributed by atoms with Gasteiger partial charge in [-0.15, -0.1) is 0 Å². The summed E-state index contributed by atoms with van der Waals surface area (Å²) in [7, 11) is 2.15. The normalized spacial score (nSPS) is 25.7. The third kappa shape index (κ3) is 3.39. The Bertz CT molecular complexity index is 728. The number of fused-ring (bicyclic) bond motifs is 1. The Kier molecular flexibility index (Phi) is 4.44. The highest BCUT2D eigenvalue weighted by atomic mass is 16.2. The average Bonchev–Trinajstić information content (AvgIpc) is 3.31. The number of aryl methyl sites for hydroxylation is 1. The molecule has 1 aromatic carbocycles. The average molecular weight is 339 g/mol. The number of carbonyl (C=O) groups excluding carboxylic acids is 1. The molecule has 2 aliphatic rings. The first kappa shape index (κ1) is 16.1. The smallest absolute Gasteiger partial charge is 0.315 e. The van der Waals surface area contributed by atoms with Crippen molar-refractivity contribution < 1.29 is 4.79 Å². The molecule has 2 N–H and O–H groups in total. The molecule has 1 aromatic heterocycles. The molecule has 2 aliphatic heterocycles. The lowest BCUT2D eigenvalue weighted by atomic mass is 9.89. The van der Waals surface area contributed by atoms with Gasteiger partial charge in [0.1, 0.15) is 5.82 Å². The largest absolute Gasteiger partial charge is 0.338 e. The van der Waals surface area contributed by atoms with Crippen LogP contribution in [0.3, 0.4) is 0 Å². The van der Waals surface area contributed by atoms with Crippen LogP contribution in [0.1, 0.15) is 29.8 Å². The summed E-state index contributed by atoms with van der Waals surface area (Å²) in [5, 5.41) is 6.14. The predicted molar refractivity (Wildman–Crippen MR) is 96.3 cm³/mol. The topological polar surface area (TPSA) is 62.2 Å². The first-order valence-corrected chi connectivity index (χ1v) is 8.99. The van der Waals surface area contributed by atoms with E-state index < -0.39 is 0 Å². The lowest BCUT2D eigenvalue weighted by Crippen LogP contribution is -2.41. The van der Waals surface area contributed by atoms with E-state index in [0.717, 1.165) is 31.9 Å². The fourth-order valence-electron chi connectivity index (χ4n) is 4.16. The first-order chi connectivity index (χ1) is 12.2. The molecule has 6 heteroatoms. The van der Waals surface area contributed by atoms with Crippen LogP contribution in [0.15, 0.2) is 42.7 Å². The zero-order chi connectivity index (χ0) is 17.2. The van der Waals surface area contributed by atoms with Crippen molar-refractivity contribution in [2.75, 3.05) is 26.7 Å². The van der Waals surface area contributed by atoms with Gasteiger partial charge < -0.3 is 20.1 Å². The number of hydrogen-bond acceptors (Lipinski definition) is 3. The van der Waals surface area contributed by atoms with E-state index in [1.165, 1.54) is 5.56 Å². The molecule has 1 unspecified atom stereocenters. The number of nitrogens with zero attached hydrogens (tertiary/aromatic N) is 3. The van der Waals surface area contributed by atoms with E-state index in [9.17, 15) is 4.79 Å². The first-order valence-electron chi connectivity index (χ1n) is 8.99. The molecule has 2 amide bonds. The third-order valence-electron chi connectivity index (χ3n) is 5.40. The van der Waals surface area contributed by atoms with Gasteiger partial charge in [-0.25, -0.2) is 9.78 Å². The summed E-state index contributed by atoms with van der Waals surface area (Å²) in [6.45, 7) is 3.66. The highest BCUT2D eigenvalue weighted by Crippen LogP contribution is 2.31. The number of benzene rings is 1. The Labute approximate surface area is 148 Å². The summed E-state index contributed by atoms with van der Waals surface area (Å²) in [6.07, 6.45) is 4.67. The van der Waals surface area contributed by atoms with Crippen molar-refractivity contribution in [3.8, 4) is 0 Å². The number of amides is 2. The number of carbonyl (C=O) groups is 1. The fourth-order valence-corrected chi connectivity index (χ4v) is 4.16. The van der Waals surface area contributed by atoms with E-state index in [1.807, 2.05) is 12.3 Å². The summed E-state index contributed by atoms with van der Waals surface area (Å²) >= 11 is 0. The number of nitrogens with one attached hydrogen (secondary N) is 2. The van der Waals surface area contributed by atoms with Gasteiger partial charge in [0.2, 0.25) is 0 Å². The van der Waals surface area contributed by atoms with Crippen LogP contribution in [0.25, 0.3) is 0 Å². The van der Waals surface area contributed by atoms with Crippen LogP contribution in [0.2, 0.25) is 0 Å². The van der Waals surface area contributed by atoms with Gasteiger partial charge in [-0.3, -0.25) is 0 Å². The van der Waals surface area contributed by atoms with E-state index in [2.05, 4.69) is 56.4 Å².